The van der Waals surface area contributed by atoms with Crippen LogP contribution in [0, 0.1) is 0 Å². The van der Waals surface area contributed by atoms with Crippen LogP contribution in [-0.4, -0.2) is 57.4 Å². The van der Waals surface area contributed by atoms with Crippen molar-refractivity contribution in [1.82, 2.24) is 4.31 Å². The zero-order chi connectivity index (χ0) is 21.0. The van der Waals surface area contributed by atoms with Crippen molar-refractivity contribution in [1.29, 1.82) is 0 Å². The SMILES string of the molecule is O=C(COC(=O)c1cc(S(=O)(=O)N2CCOCC2)c(Cl)cc1Cl)c1ccccc1. The Labute approximate surface area is 178 Å². The normalized spacial score (nSPS) is 15.1. The van der Waals surface area contributed by atoms with E-state index in [-0.39, 0.29) is 46.8 Å². The van der Waals surface area contributed by atoms with Gasteiger partial charge in [0.15, 0.2) is 12.4 Å². The van der Waals surface area contributed by atoms with Crippen LogP contribution in [0.5, 0.6) is 0 Å². The van der Waals surface area contributed by atoms with Gasteiger partial charge in [-0.1, -0.05) is 53.5 Å². The maximum atomic E-state index is 12.9. The molecule has 0 N–H and O–H groups in total. The second-order valence-electron chi connectivity index (χ2n) is 6.14. The first kappa shape index (κ1) is 21.7. The third kappa shape index (κ3) is 4.96. The number of carbonyl (C=O) groups is 2. The van der Waals surface area contributed by atoms with Crippen LogP contribution in [0.25, 0.3) is 0 Å². The van der Waals surface area contributed by atoms with Gasteiger partial charge in [-0.05, 0) is 12.1 Å². The number of morpholine rings is 1. The van der Waals surface area contributed by atoms with E-state index in [9.17, 15) is 18.0 Å². The first-order valence-corrected chi connectivity index (χ1v) is 10.8. The van der Waals surface area contributed by atoms with Gasteiger partial charge in [-0.25, -0.2) is 13.2 Å². The standard InChI is InChI=1S/C19H17Cl2NO6S/c20-15-11-16(21)18(29(25,26)22-6-8-27-9-7-22)10-14(15)19(24)28-12-17(23)13-4-2-1-3-5-13/h1-5,10-11H,6-9,12H2. The average molecular weight is 458 g/mol. The average Bonchev–Trinajstić information content (AvgIpc) is 2.73. The number of Topliss-reactive ketones (excluding diaryl/α,β-unsaturated/α-hetero) is 1. The lowest BCUT2D eigenvalue weighted by Crippen LogP contribution is -2.40. The second-order valence-corrected chi connectivity index (χ2v) is 8.87. The van der Waals surface area contributed by atoms with Crippen molar-refractivity contribution in [3.63, 3.8) is 0 Å². The number of hydrogen-bond donors (Lipinski definition) is 0. The molecular weight excluding hydrogens is 441 g/mol. The molecule has 2 aromatic rings. The van der Waals surface area contributed by atoms with E-state index in [4.69, 9.17) is 32.7 Å². The van der Waals surface area contributed by atoms with Crippen LogP contribution in [0.15, 0.2) is 47.4 Å². The highest BCUT2D eigenvalue weighted by molar-refractivity contribution is 7.89. The summed E-state index contributed by atoms with van der Waals surface area (Å²) in [5.74, 6) is -1.32. The molecule has 1 saturated heterocycles. The Balaban J connectivity index is 1.81. The number of sulfonamides is 1. The summed E-state index contributed by atoms with van der Waals surface area (Å²) in [5, 5.41) is -0.188. The van der Waals surface area contributed by atoms with Crippen molar-refractivity contribution in [2.24, 2.45) is 0 Å². The largest absolute Gasteiger partial charge is 0.454 e. The predicted octanol–water partition coefficient (Wildman–Crippen LogP) is 3.05. The third-order valence-corrected chi connectivity index (χ3v) is 6.94. The maximum Gasteiger partial charge on any atom is 0.340 e. The molecule has 2 aromatic carbocycles. The molecule has 10 heteroatoms. The van der Waals surface area contributed by atoms with Gasteiger partial charge in [-0.15, -0.1) is 0 Å². The number of rotatable bonds is 6. The molecule has 0 aliphatic carbocycles. The number of benzene rings is 2. The monoisotopic (exact) mass is 457 g/mol. The summed E-state index contributed by atoms with van der Waals surface area (Å²) in [6.45, 7) is 0.370. The Morgan fingerprint density at radius 2 is 1.69 bits per heavy atom. The number of ketones is 1. The fourth-order valence-electron chi connectivity index (χ4n) is 2.73. The van der Waals surface area contributed by atoms with E-state index in [0.29, 0.717) is 5.56 Å². The molecule has 0 amide bonds. The summed E-state index contributed by atoms with van der Waals surface area (Å²) < 4.78 is 37.2. The molecule has 0 radical (unpaired) electrons. The first-order chi connectivity index (χ1) is 13.8. The molecule has 0 aromatic heterocycles. The summed E-state index contributed by atoms with van der Waals surface area (Å²) in [5.41, 5.74) is 0.196. The quantitative estimate of drug-likeness (QED) is 0.488. The maximum absolute atomic E-state index is 12.9. The summed E-state index contributed by atoms with van der Waals surface area (Å²) in [6.07, 6.45) is 0. The zero-order valence-corrected chi connectivity index (χ0v) is 17.5. The van der Waals surface area contributed by atoms with Gasteiger partial charge in [0.1, 0.15) is 4.90 Å². The fourth-order valence-corrected chi connectivity index (χ4v) is 4.96. The van der Waals surface area contributed by atoms with Gasteiger partial charge in [0, 0.05) is 18.7 Å². The smallest absolute Gasteiger partial charge is 0.340 e. The molecule has 0 saturated carbocycles. The molecule has 0 spiro atoms. The summed E-state index contributed by atoms with van der Waals surface area (Å²) >= 11 is 12.2. The Kier molecular flexibility index (Phi) is 6.92. The van der Waals surface area contributed by atoms with E-state index in [0.717, 1.165) is 6.07 Å². The van der Waals surface area contributed by atoms with Gasteiger partial charge >= 0.3 is 5.97 Å². The molecule has 3 rings (SSSR count). The lowest BCUT2D eigenvalue weighted by atomic mass is 10.1. The molecule has 1 aliphatic heterocycles. The highest BCUT2D eigenvalue weighted by Gasteiger charge is 2.30. The Hall–Kier alpha value is -1.97. The zero-order valence-electron chi connectivity index (χ0n) is 15.1. The minimum atomic E-state index is -3.95. The van der Waals surface area contributed by atoms with E-state index in [2.05, 4.69) is 0 Å². The highest BCUT2D eigenvalue weighted by atomic mass is 35.5. The van der Waals surface area contributed by atoms with Crippen LogP contribution in [0.4, 0.5) is 0 Å². The van der Waals surface area contributed by atoms with Crippen molar-refractivity contribution >= 4 is 45.0 Å². The summed E-state index contributed by atoms with van der Waals surface area (Å²) in [6, 6.07) is 10.6. The molecule has 0 atom stereocenters. The molecule has 0 unspecified atom stereocenters. The topological polar surface area (TPSA) is 90.0 Å². The van der Waals surface area contributed by atoms with Gasteiger partial charge < -0.3 is 9.47 Å². The fraction of sp³-hybridized carbons (Fsp3) is 0.263. The molecular formula is C19H17Cl2NO6S. The van der Waals surface area contributed by atoms with Crippen LogP contribution in [0.3, 0.4) is 0 Å². The minimum Gasteiger partial charge on any atom is -0.454 e. The minimum absolute atomic E-state index is 0.0758. The Morgan fingerprint density at radius 3 is 2.34 bits per heavy atom. The van der Waals surface area contributed by atoms with E-state index in [1.165, 1.54) is 10.4 Å². The van der Waals surface area contributed by atoms with Gasteiger partial charge in [0.2, 0.25) is 10.0 Å². The molecule has 154 valence electrons. The van der Waals surface area contributed by atoms with Gasteiger partial charge in [0.05, 0.1) is 28.8 Å². The molecule has 1 fully saturated rings. The van der Waals surface area contributed by atoms with Crippen molar-refractivity contribution in [2.75, 3.05) is 32.9 Å². The first-order valence-electron chi connectivity index (χ1n) is 8.63. The number of nitrogens with zero attached hydrogens (tertiary/aromatic N) is 1. The van der Waals surface area contributed by atoms with Crippen LogP contribution in [-0.2, 0) is 19.5 Å². The van der Waals surface area contributed by atoms with Crippen molar-refractivity contribution in [2.45, 2.75) is 4.90 Å². The lowest BCUT2D eigenvalue weighted by Gasteiger charge is -2.26. The van der Waals surface area contributed by atoms with E-state index in [1.807, 2.05) is 0 Å². The Bertz CT molecular complexity index is 1020. The van der Waals surface area contributed by atoms with Crippen LogP contribution in [0.1, 0.15) is 20.7 Å². The molecule has 1 aliphatic rings. The highest BCUT2D eigenvalue weighted by Crippen LogP contribution is 2.31. The number of halogens is 2. The lowest BCUT2D eigenvalue weighted by molar-refractivity contribution is 0.0474. The third-order valence-electron chi connectivity index (χ3n) is 4.26. The molecule has 7 nitrogen and oxygen atoms in total. The second kappa shape index (κ2) is 9.23. The number of esters is 1. The molecule has 29 heavy (non-hydrogen) atoms. The van der Waals surface area contributed by atoms with Crippen molar-refractivity contribution in [3.05, 3.63) is 63.6 Å². The van der Waals surface area contributed by atoms with Crippen LogP contribution < -0.4 is 0 Å². The van der Waals surface area contributed by atoms with Gasteiger partial charge in [-0.3, -0.25) is 4.79 Å². The van der Waals surface area contributed by atoms with E-state index >= 15 is 0 Å². The summed E-state index contributed by atoms with van der Waals surface area (Å²) in [7, 11) is -3.95. The van der Waals surface area contributed by atoms with Crippen LogP contribution in [0.2, 0.25) is 10.0 Å². The van der Waals surface area contributed by atoms with E-state index in [1.54, 1.807) is 30.3 Å². The summed E-state index contributed by atoms with van der Waals surface area (Å²) in [4.78, 5) is 24.3. The van der Waals surface area contributed by atoms with Crippen molar-refractivity contribution in [3.8, 4) is 0 Å². The van der Waals surface area contributed by atoms with Gasteiger partial charge in [0.25, 0.3) is 0 Å². The van der Waals surface area contributed by atoms with Gasteiger partial charge in [-0.2, -0.15) is 4.31 Å². The van der Waals surface area contributed by atoms with Crippen molar-refractivity contribution < 1.29 is 27.5 Å². The molecule has 1 heterocycles. The molecule has 0 bridgehead atoms. The van der Waals surface area contributed by atoms with Crippen LogP contribution >= 0.6 is 23.2 Å². The number of hydrogen-bond acceptors (Lipinski definition) is 6. The predicted molar refractivity (Wildman–Crippen MR) is 107 cm³/mol. The van der Waals surface area contributed by atoms with E-state index < -0.39 is 28.4 Å². The number of carbonyl (C=O) groups excluding carboxylic acids is 2. The Morgan fingerprint density at radius 1 is 1.03 bits per heavy atom. The number of ether oxygens (including phenoxy) is 2.